The largest absolute Gasteiger partial charge is 0.192 e. The van der Waals surface area contributed by atoms with Gasteiger partial charge in [0, 0.05) is 10.5 Å². The molecular formula is C14H11NS. The lowest BCUT2D eigenvalue weighted by molar-refractivity contribution is 1.39. The van der Waals surface area contributed by atoms with Gasteiger partial charge in [0.15, 0.2) is 0 Å². The van der Waals surface area contributed by atoms with Crippen LogP contribution in [-0.4, -0.2) is 0 Å². The minimum absolute atomic E-state index is 0.715. The third-order valence-electron chi connectivity index (χ3n) is 2.55. The maximum absolute atomic E-state index is 9.09. The van der Waals surface area contributed by atoms with Crippen molar-refractivity contribution < 1.29 is 0 Å². The van der Waals surface area contributed by atoms with E-state index in [4.69, 9.17) is 5.26 Å². The Morgan fingerprint density at radius 3 is 2.38 bits per heavy atom. The van der Waals surface area contributed by atoms with Crippen LogP contribution in [0.25, 0.3) is 11.1 Å². The highest BCUT2D eigenvalue weighted by molar-refractivity contribution is 7.80. The van der Waals surface area contributed by atoms with Gasteiger partial charge < -0.3 is 0 Å². The van der Waals surface area contributed by atoms with Gasteiger partial charge in [-0.3, -0.25) is 0 Å². The second-order valence-electron chi connectivity index (χ2n) is 3.66. The summed E-state index contributed by atoms with van der Waals surface area (Å²) in [5.74, 6) is 0. The van der Waals surface area contributed by atoms with Crippen molar-refractivity contribution in [3.05, 3.63) is 53.6 Å². The summed E-state index contributed by atoms with van der Waals surface area (Å²) in [7, 11) is 0. The van der Waals surface area contributed by atoms with Gasteiger partial charge in [0.2, 0.25) is 0 Å². The van der Waals surface area contributed by atoms with E-state index < -0.39 is 0 Å². The fourth-order valence-corrected chi connectivity index (χ4v) is 1.92. The van der Waals surface area contributed by atoms with Crippen LogP contribution in [0.5, 0.6) is 0 Å². The van der Waals surface area contributed by atoms with Gasteiger partial charge in [-0.1, -0.05) is 24.3 Å². The average Bonchev–Trinajstić information content (AvgIpc) is 2.30. The molecule has 0 atom stereocenters. The van der Waals surface area contributed by atoms with Crippen molar-refractivity contribution in [1.82, 2.24) is 0 Å². The minimum Gasteiger partial charge on any atom is -0.192 e. The van der Waals surface area contributed by atoms with Crippen LogP contribution in [0.15, 0.2) is 47.4 Å². The van der Waals surface area contributed by atoms with Crippen LogP contribution < -0.4 is 0 Å². The van der Waals surface area contributed by atoms with Gasteiger partial charge in [-0.15, -0.1) is 12.6 Å². The summed E-state index contributed by atoms with van der Waals surface area (Å²) in [5, 5.41) is 9.09. The highest BCUT2D eigenvalue weighted by Gasteiger charge is 2.07. The van der Waals surface area contributed by atoms with Crippen molar-refractivity contribution in [3.63, 3.8) is 0 Å². The van der Waals surface area contributed by atoms with Gasteiger partial charge in [-0.25, -0.2) is 0 Å². The summed E-state index contributed by atoms with van der Waals surface area (Å²) >= 11 is 4.25. The van der Waals surface area contributed by atoms with E-state index >= 15 is 0 Å². The zero-order valence-corrected chi connectivity index (χ0v) is 9.83. The summed E-state index contributed by atoms with van der Waals surface area (Å²) in [6.07, 6.45) is 0. The fourth-order valence-electron chi connectivity index (χ4n) is 1.77. The first-order valence-electron chi connectivity index (χ1n) is 5.01. The monoisotopic (exact) mass is 225 g/mol. The highest BCUT2D eigenvalue weighted by Crippen LogP contribution is 2.27. The van der Waals surface area contributed by atoms with Crippen molar-refractivity contribution >= 4 is 12.6 Å². The molecule has 1 nitrogen and oxygen atoms in total. The van der Waals surface area contributed by atoms with Crippen LogP contribution in [0.1, 0.15) is 11.1 Å². The molecule has 0 unspecified atom stereocenters. The minimum atomic E-state index is 0.715. The van der Waals surface area contributed by atoms with E-state index in [0.29, 0.717) is 5.56 Å². The zero-order valence-electron chi connectivity index (χ0n) is 8.94. The van der Waals surface area contributed by atoms with Gasteiger partial charge >= 0.3 is 0 Å². The Labute approximate surface area is 101 Å². The molecule has 0 radical (unpaired) electrons. The molecule has 2 aromatic carbocycles. The Balaban J connectivity index is 2.64. The molecule has 78 valence electrons. The van der Waals surface area contributed by atoms with Gasteiger partial charge in [0.1, 0.15) is 0 Å². The molecule has 16 heavy (non-hydrogen) atoms. The van der Waals surface area contributed by atoms with Crippen molar-refractivity contribution in [1.29, 1.82) is 5.26 Å². The normalized spacial score (nSPS) is 9.81. The lowest BCUT2D eigenvalue weighted by Gasteiger charge is -2.08. The first-order chi connectivity index (χ1) is 7.72. The van der Waals surface area contributed by atoms with Gasteiger partial charge in [-0.2, -0.15) is 5.26 Å². The van der Waals surface area contributed by atoms with Gasteiger partial charge in [0.25, 0.3) is 0 Å². The van der Waals surface area contributed by atoms with Crippen LogP contribution in [-0.2, 0) is 0 Å². The quantitative estimate of drug-likeness (QED) is 0.733. The van der Waals surface area contributed by atoms with Crippen LogP contribution in [0.4, 0.5) is 0 Å². The van der Waals surface area contributed by atoms with Crippen molar-refractivity contribution in [2.24, 2.45) is 0 Å². The Bertz CT molecular complexity index is 550. The summed E-state index contributed by atoms with van der Waals surface area (Å²) in [6, 6.07) is 15.9. The summed E-state index contributed by atoms with van der Waals surface area (Å²) in [6.45, 7) is 2.02. The Morgan fingerprint density at radius 1 is 1.06 bits per heavy atom. The van der Waals surface area contributed by atoms with Crippen LogP contribution in [0.3, 0.4) is 0 Å². The molecule has 2 aromatic rings. The number of aryl methyl sites for hydroxylation is 1. The summed E-state index contributed by atoms with van der Waals surface area (Å²) < 4.78 is 0. The molecule has 0 saturated carbocycles. The molecule has 0 heterocycles. The van der Waals surface area contributed by atoms with E-state index in [1.807, 2.05) is 49.4 Å². The third-order valence-corrected chi connectivity index (χ3v) is 2.85. The SMILES string of the molecule is Cc1cccc(C#N)c1-c1ccc(S)cc1. The topological polar surface area (TPSA) is 23.8 Å². The van der Waals surface area contributed by atoms with E-state index in [0.717, 1.165) is 21.6 Å². The van der Waals surface area contributed by atoms with E-state index in [1.165, 1.54) is 0 Å². The standard InChI is InChI=1S/C14H11NS/c1-10-3-2-4-12(9-15)14(10)11-5-7-13(16)8-6-11/h2-8,16H,1H3. The molecule has 0 fully saturated rings. The van der Waals surface area contributed by atoms with Gasteiger partial charge in [0.05, 0.1) is 11.6 Å². The molecule has 0 N–H and O–H groups in total. The number of hydrogen-bond donors (Lipinski definition) is 1. The molecule has 0 spiro atoms. The predicted molar refractivity (Wildman–Crippen MR) is 68.6 cm³/mol. The van der Waals surface area contributed by atoms with Crippen molar-refractivity contribution in [2.75, 3.05) is 0 Å². The molecule has 0 aliphatic carbocycles. The van der Waals surface area contributed by atoms with E-state index in [9.17, 15) is 0 Å². The molecule has 0 bridgehead atoms. The van der Waals surface area contributed by atoms with E-state index in [2.05, 4.69) is 18.7 Å². The van der Waals surface area contributed by atoms with Crippen LogP contribution in [0.2, 0.25) is 0 Å². The number of hydrogen-bond acceptors (Lipinski definition) is 2. The Morgan fingerprint density at radius 2 is 1.75 bits per heavy atom. The highest BCUT2D eigenvalue weighted by atomic mass is 32.1. The molecule has 0 aliphatic heterocycles. The van der Waals surface area contributed by atoms with Crippen molar-refractivity contribution in [2.45, 2.75) is 11.8 Å². The van der Waals surface area contributed by atoms with Crippen LogP contribution in [0, 0.1) is 18.3 Å². The number of benzene rings is 2. The summed E-state index contributed by atoms with van der Waals surface area (Å²) in [5.41, 5.74) is 3.91. The third kappa shape index (κ3) is 1.95. The number of nitriles is 1. The fraction of sp³-hybridized carbons (Fsp3) is 0.0714. The first kappa shape index (κ1) is 10.8. The molecular weight excluding hydrogens is 214 g/mol. The first-order valence-corrected chi connectivity index (χ1v) is 5.46. The van der Waals surface area contributed by atoms with Gasteiger partial charge in [-0.05, 0) is 36.2 Å². The average molecular weight is 225 g/mol. The van der Waals surface area contributed by atoms with E-state index in [1.54, 1.807) is 0 Å². The second kappa shape index (κ2) is 4.42. The molecule has 0 saturated heterocycles. The number of rotatable bonds is 1. The predicted octanol–water partition coefficient (Wildman–Crippen LogP) is 3.82. The lowest BCUT2D eigenvalue weighted by atomic mass is 9.96. The van der Waals surface area contributed by atoms with Crippen molar-refractivity contribution in [3.8, 4) is 17.2 Å². The number of thiol groups is 1. The molecule has 0 amide bonds. The maximum Gasteiger partial charge on any atom is 0.0998 e. The smallest absolute Gasteiger partial charge is 0.0998 e. The summed E-state index contributed by atoms with van der Waals surface area (Å²) in [4.78, 5) is 0.927. The maximum atomic E-state index is 9.09. The van der Waals surface area contributed by atoms with E-state index in [-0.39, 0.29) is 0 Å². The number of nitrogens with zero attached hydrogens (tertiary/aromatic N) is 1. The molecule has 0 aliphatic rings. The zero-order chi connectivity index (χ0) is 11.5. The molecule has 0 aromatic heterocycles. The van der Waals surface area contributed by atoms with Crippen LogP contribution >= 0.6 is 12.6 Å². The second-order valence-corrected chi connectivity index (χ2v) is 4.17. The Hall–Kier alpha value is -1.72. The molecule has 2 heteroatoms. The Kier molecular flexibility index (Phi) is 2.98. The lowest BCUT2D eigenvalue weighted by Crippen LogP contribution is -1.88. The molecule has 2 rings (SSSR count).